The number of carbonyl (C=O) groups is 1. The van der Waals surface area contributed by atoms with E-state index in [0.717, 1.165) is 24.2 Å². The molecule has 6 atom stereocenters. The van der Waals surface area contributed by atoms with E-state index in [9.17, 15) is 9.90 Å². The lowest BCUT2D eigenvalue weighted by Gasteiger charge is -2.61. The molecule has 3 N–H and O–H groups in total. The van der Waals surface area contributed by atoms with Gasteiger partial charge in [-0.25, -0.2) is 0 Å². The third kappa shape index (κ3) is 1.70. The summed E-state index contributed by atoms with van der Waals surface area (Å²) in [6.45, 7) is 6.74. The Morgan fingerprint density at radius 2 is 2.16 bits per heavy atom. The second-order valence-electron chi connectivity index (χ2n) is 7.20. The lowest BCUT2D eigenvalue weighted by molar-refractivity contribution is -0.162. The smallest absolute Gasteiger partial charge is 0.303 e. The van der Waals surface area contributed by atoms with Gasteiger partial charge in [0, 0.05) is 0 Å². The minimum Gasteiger partial charge on any atom is -0.481 e. The maximum atomic E-state index is 11.2. The van der Waals surface area contributed by atoms with E-state index < -0.39 is 5.97 Å². The minimum atomic E-state index is -0.671. The molecule has 0 aromatic rings. The third-order valence-corrected chi connectivity index (χ3v) is 6.36. The van der Waals surface area contributed by atoms with E-state index in [4.69, 9.17) is 5.73 Å². The Kier molecular flexibility index (Phi) is 3.01. The highest BCUT2D eigenvalue weighted by Crippen LogP contribution is 2.73. The normalized spacial score (nSPS) is 46.7. The second kappa shape index (κ2) is 4.34. The van der Waals surface area contributed by atoms with Crippen LogP contribution in [0.3, 0.4) is 0 Å². The largest absolute Gasteiger partial charge is 0.481 e. The lowest BCUT2D eigenvalue weighted by atomic mass is 9.43. The number of nitrogens with two attached hydrogens (primary N) is 1. The van der Waals surface area contributed by atoms with E-state index in [1.165, 1.54) is 24.8 Å². The molecule has 2 bridgehead atoms. The van der Waals surface area contributed by atoms with Crippen LogP contribution < -0.4 is 5.73 Å². The second-order valence-corrected chi connectivity index (χ2v) is 7.20. The standard InChI is InChI=1S/C16H25NO2/c1-9(2)5-11-10-3-4-12-15(11)13(6-10)16(12,8-17)7-14(18)19/h10-13,15H,1,3-8,17H2,2H3,(H,18,19)/t10-,11+,12?,13+,15+,16+/m1/s1. The number of fused-ring (bicyclic) bond motifs is 1. The molecule has 3 saturated carbocycles. The molecule has 19 heavy (non-hydrogen) atoms. The van der Waals surface area contributed by atoms with Gasteiger partial charge in [0.15, 0.2) is 0 Å². The van der Waals surface area contributed by atoms with Crippen molar-refractivity contribution in [3.63, 3.8) is 0 Å². The molecule has 3 rings (SSSR count). The first kappa shape index (κ1) is 13.2. The Morgan fingerprint density at radius 1 is 1.42 bits per heavy atom. The van der Waals surface area contributed by atoms with Crippen LogP contribution in [-0.4, -0.2) is 17.6 Å². The summed E-state index contributed by atoms with van der Waals surface area (Å²) in [5.41, 5.74) is 7.21. The van der Waals surface area contributed by atoms with Crippen LogP contribution in [0.15, 0.2) is 12.2 Å². The molecule has 0 spiro atoms. The quantitative estimate of drug-likeness (QED) is 0.750. The minimum absolute atomic E-state index is 0.0882. The van der Waals surface area contributed by atoms with Crippen molar-refractivity contribution in [2.75, 3.05) is 6.54 Å². The zero-order chi connectivity index (χ0) is 13.8. The first-order chi connectivity index (χ1) is 8.99. The van der Waals surface area contributed by atoms with Gasteiger partial charge in [0.2, 0.25) is 0 Å². The van der Waals surface area contributed by atoms with E-state index in [0.29, 0.717) is 18.4 Å². The molecule has 0 saturated heterocycles. The molecule has 3 fully saturated rings. The number of carboxylic acids is 1. The Balaban J connectivity index is 1.85. The Bertz CT molecular complexity index is 411. The molecule has 0 aromatic carbocycles. The van der Waals surface area contributed by atoms with Gasteiger partial charge in [0.25, 0.3) is 0 Å². The van der Waals surface area contributed by atoms with E-state index >= 15 is 0 Å². The van der Waals surface area contributed by atoms with Crippen LogP contribution in [0.1, 0.15) is 39.0 Å². The van der Waals surface area contributed by atoms with Gasteiger partial charge in [-0.3, -0.25) is 4.79 Å². The molecule has 0 aliphatic heterocycles. The molecule has 3 heteroatoms. The fourth-order valence-electron chi connectivity index (χ4n) is 5.84. The average Bonchev–Trinajstić information content (AvgIpc) is 2.51. The van der Waals surface area contributed by atoms with Gasteiger partial charge < -0.3 is 10.8 Å². The van der Waals surface area contributed by atoms with Gasteiger partial charge in [0.1, 0.15) is 0 Å². The number of aliphatic carboxylic acids is 1. The van der Waals surface area contributed by atoms with Gasteiger partial charge in [-0.15, -0.1) is 6.58 Å². The van der Waals surface area contributed by atoms with Gasteiger partial charge in [-0.1, -0.05) is 5.57 Å². The number of hydrogen-bond donors (Lipinski definition) is 2. The SMILES string of the molecule is C=C(C)C[C@H]1[C@@H]2CCC3[C@H]1[C@H](C2)[C@]3(CN)CC(=O)O. The summed E-state index contributed by atoms with van der Waals surface area (Å²) in [5, 5.41) is 9.23. The highest BCUT2D eigenvalue weighted by Gasteiger charge is 2.69. The zero-order valence-corrected chi connectivity index (χ0v) is 11.8. The predicted molar refractivity (Wildman–Crippen MR) is 74.5 cm³/mol. The molecule has 0 radical (unpaired) electrons. The van der Waals surface area contributed by atoms with Crippen LogP contribution >= 0.6 is 0 Å². The molecule has 0 heterocycles. The van der Waals surface area contributed by atoms with Crippen LogP contribution in [0, 0.1) is 35.0 Å². The van der Waals surface area contributed by atoms with Gasteiger partial charge in [-0.2, -0.15) is 0 Å². The van der Waals surface area contributed by atoms with Gasteiger partial charge in [0.05, 0.1) is 6.42 Å². The van der Waals surface area contributed by atoms with Crippen LogP contribution in [-0.2, 0) is 4.79 Å². The number of allylic oxidation sites excluding steroid dienone is 1. The molecule has 1 unspecified atom stereocenters. The predicted octanol–water partition coefficient (Wildman–Crippen LogP) is 2.66. The molecule has 3 nitrogen and oxygen atoms in total. The van der Waals surface area contributed by atoms with E-state index in [-0.39, 0.29) is 11.8 Å². The van der Waals surface area contributed by atoms with Crippen LogP contribution in [0.25, 0.3) is 0 Å². The van der Waals surface area contributed by atoms with Crippen molar-refractivity contribution >= 4 is 5.97 Å². The Morgan fingerprint density at radius 3 is 2.74 bits per heavy atom. The van der Waals surface area contributed by atoms with E-state index in [2.05, 4.69) is 13.5 Å². The summed E-state index contributed by atoms with van der Waals surface area (Å²) in [5.74, 6) is 2.74. The van der Waals surface area contributed by atoms with Crippen molar-refractivity contribution in [3.8, 4) is 0 Å². The molecule has 3 aliphatic rings. The lowest BCUT2D eigenvalue weighted by Crippen LogP contribution is -2.61. The summed E-state index contributed by atoms with van der Waals surface area (Å²) in [6.07, 6.45) is 5.10. The Labute approximate surface area is 115 Å². The summed E-state index contributed by atoms with van der Waals surface area (Å²) < 4.78 is 0. The first-order valence-electron chi connectivity index (χ1n) is 7.56. The highest BCUT2D eigenvalue weighted by atomic mass is 16.4. The van der Waals surface area contributed by atoms with Crippen molar-refractivity contribution < 1.29 is 9.90 Å². The maximum Gasteiger partial charge on any atom is 0.303 e. The Hall–Kier alpha value is -0.830. The summed E-state index contributed by atoms with van der Waals surface area (Å²) in [7, 11) is 0. The van der Waals surface area contributed by atoms with Crippen molar-refractivity contribution in [1.82, 2.24) is 0 Å². The summed E-state index contributed by atoms with van der Waals surface area (Å²) in [6, 6.07) is 0. The molecule has 0 amide bonds. The fraction of sp³-hybridized carbons (Fsp3) is 0.812. The monoisotopic (exact) mass is 263 g/mol. The van der Waals surface area contributed by atoms with Crippen molar-refractivity contribution in [3.05, 3.63) is 12.2 Å². The van der Waals surface area contributed by atoms with Crippen molar-refractivity contribution in [2.24, 2.45) is 40.7 Å². The van der Waals surface area contributed by atoms with Gasteiger partial charge in [-0.05, 0) is 74.2 Å². The summed E-state index contributed by atoms with van der Waals surface area (Å²) in [4.78, 5) is 11.2. The van der Waals surface area contributed by atoms with Crippen molar-refractivity contribution in [1.29, 1.82) is 0 Å². The molecule has 106 valence electrons. The number of rotatable bonds is 5. The van der Waals surface area contributed by atoms with Crippen molar-refractivity contribution in [2.45, 2.75) is 39.0 Å². The fourth-order valence-corrected chi connectivity index (χ4v) is 5.84. The van der Waals surface area contributed by atoms with Crippen LogP contribution in [0.5, 0.6) is 0 Å². The van der Waals surface area contributed by atoms with Gasteiger partial charge >= 0.3 is 5.97 Å². The topological polar surface area (TPSA) is 63.3 Å². The molecular weight excluding hydrogens is 238 g/mol. The molecule has 3 aliphatic carbocycles. The molecular formula is C16H25NO2. The first-order valence-corrected chi connectivity index (χ1v) is 7.56. The number of carboxylic acid groups (broad SMARTS) is 1. The van der Waals surface area contributed by atoms with Crippen LogP contribution in [0.2, 0.25) is 0 Å². The summed E-state index contributed by atoms with van der Waals surface area (Å²) >= 11 is 0. The number of hydrogen-bond acceptors (Lipinski definition) is 2. The zero-order valence-electron chi connectivity index (χ0n) is 11.8. The molecule has 0 aromatic heterocycles. The van der Waals surface area contributed by atoms with E-state index in [1.807, 2.05) is 0 Å². The third-order valence-electron chi connectivity index (χ3n) is 6.36. The average molecular weight is 263 g/mol. The van der Waals surface area contributed by atoms with E-state index in [1.54, 1.807) is 0 Å². The van der Waals surface area contributed by atoms with Crippen LogP contribution in [0.4, 0.5) is 0 Å². The maximum absolute atomic E-state index is 11.2. The highest BCUT2D eigenvalue weighted by molar-refractivity contribution is 5.68.